The summed E-state index contributed by atoms with van der Waals surface area (Å²) >= 11 is 0. The molecule has 2 aliphatic rings. The summed E-state index contributed by atoms with van der Waals surface area (Å²) in [5.41, 5.74) is 5.94. The molecule has 0 unspecified atom stereocenters. The van der Waals surface area contributed by atoms with E-state index in [1.807, 2.05) is 0 Å². The number of benzene rings is 1. The molecule has 1 aromatic carbocycles. The zero-order chi connectivity index (χ0) is 18.6. The van der Waals surface area contributed by atoms with Crippen LogP contribution < -0.4 is 11.1 Å². The first-order valence-electron chi connectivity index (χ1n) is 9.82. The average Bonchev–Trinajstić information content (AvgIpc) is 2.62. The van der Waals surface area contributed by atoms with Crippen LogP contribution in [-0.4, -0.2) is 36.6 Å². The molecule has 1 saturated heterocycles. The highest BCUT2D eigenvalue weighted by Crippen LogP contribution is 2.31. The fourth-order valence-electron chi connectivity index (χ4n) is 4.16. The van der Waals surface area contributed by atoms with Crippen LogP contribution in [0.3, 0.4) is 0 Å². The third-order valence-electron chi connectivity index (χ3n) is 5.89. The van der Waals surface area contributed by atoms with Gasteiger partial charge in [0.05, 0.1) is 5.56 Å². The summed E-state index contributed by atoms with van der Waals surface area (Å²) in [4.78, 5) is 2.50. The molecule has 0 spiro atoms. The van der Waals surface area contributed by atoms with E-state index in [2.05, 4.69) is 10.2 Å². The quantitative estimate of drug-likeness (QED) is 0.804. The van der Waals surface area contributed by atoms with Gasteiger partial charge in [-0.05, 0) is 75.6 Å². The molecule has 1 saturated carbocycles. The molecule has 26 heavy (non-hydrogen) atoms. The van der Waals surface area contributed by atoms with Gasteiger partial charge in [-0.1, -0.05) is 6.07 Å². The van der Waals surface area contributed by atoms with Crippen LogP contribution in [0.15, 0.2) is 24.3 Å². The lowest BCUT2D eigenvalue weighted by Crippen LogP contribution is -2.40. The number of nitrogens with zero attached hydrogens (tertiary/aromatic N) is 1. The molecule has 1 heterocycles. The monoisotopic (exact) mass is 369 g/mol. The molecular weight excluding hydrogens is 339 g/mol. The number of hydrogen-bond donors (Lipinski definition) is 2. The summed E-state index contributed by atoms with van der Waals surface area (Å²) < 4.78 is 38.4. The number of halogens is 3. The highest BCUT2D eigenvalue weighted by molar-refractivity contribution is 5.47. The van der Waals surface area contributed by atoms with Crippen molar-refractivity contribution in [2.24, 2.45) is 11.7 Å². The van der Waals surface area contributed by atoms with Crippen molar-refractivity contribution in [3.8, 4) is 0 Å². The summed E-state index contributed by atoms with van der Waals surface area (Å²) in [7, 11) is 0. The second kappa shape index (κ2) is 8.61. The topological polar surface area (TPSA) is 41.3 Å². The van der Waals surface area contributed by atoms with E-state index in [9.17, 15) is 13.2 Å². The Kier molecular flexibility index (Phi) is 6.46. The van der Waals surface area contributed by atoms with Gasteiger partial charge in [-0.15, -0.1) is 0 Å². The Morgan fingerprint density at radius 2 is 1.73 bits per heavy atom. The summed E-state index contributed by atoms with van der Waals surface area (Å²) in [5, 5.41) is 3.28. The maximum absolute atomic E-state index is 12.8. The van der Waals surface area contributed by atoms with E-state index in [0.29, 0.717) is 11.7 Å². The first-order valence-corrected chi connectivity index (χ1v) is 9.82. The summed E-state index contributed by atoms with van der Waals surface area (Å²) in [5.74, 6) is 0.816. The van der Waals surface area contributed by atoms with E-state index in [-0.39, 0.29) is 6.04 Å². The maximum atomic E-state index is 12.8. The predicted octanol–water partition coefficient (Wildman–Crippen LogP) is 4.49. The fraction of sp³-hybridized carbons (Fsp3) is 0.700. The van der Waals surface area contributed by atoms with Crippen molar-refractivity contribution in [1.82, 2.24) is 4.90 Å². The molecule has 1 aliphatic carbocycles. The number of likely N-dealkylation sites (tertiary alicyclic amines) is 1. The third kappa shape index (κ3) is 5.61. The van der Waals surface area contributed by atoms with Gasteiger partial charge in [0.2, 0.25) is 0 Å². The largest absolute Gasteiger partial charge is 0.416 e. The first kappa shape index (κ1) is 19.5. The standard InChI is InChI=1S/C20H30F3N3/c21-20(22,23)16-2-1-3-19(14-16)25-18-9-12-26(13-10-18)11-8-15-4-6-17(24)7-5-15/h1-3,14-15,17-18,25H,4-13,24H2. The number of anilines is 1. The van der Waals surface area contributed by atoms with Crippen molar-refractivity contribution in [2.75, 3.05) is 25.0 Å². The SMILES string of the molecule is NC1CCC(CCN2CCC(Nc3cccc(C(F)(F)F)c3)CC2)CC1. The van der Waals surface area contributed by atoms with Crippen molar-refractivity contribution in [3.05, 3.63) is 29.8 Å². The first-order chi connectivity index (χ1) is 12.4. The highest BCUT2D eigenvalue weighted by Gasteiger charge is 2.30. The zero-order valence-electron chi connectivity index (χ0n) is 15.3. The minimum absolute atomic E-state index is 0.252. The van der Waals surface area contributed by atoms with Crippen LogP contribution in [0, 0.1) is 5.92 Å². The molecule has 3 rings (SSSR count). The Hall–Kier alpha value is -1.27. The van der Waals surface area contributed by atoms with Crippen LogP contribution in [0.25, 0.3) is 0 Å². The van der Waals surface area contributed by atoms with Gasteiger partial charge in [-0.3, -0.25) is 0 Å². The van der Waals surface area contributed by atoms with Crippen molar-refractivity contribution in [1.29, 1.82) is 0 Å². The minimum Gasteiger partial charge on any atom is -0.382 e. The normalized spacial score (nSPS) is 26.0. The number of hydrogen-bond acceptors (Lipinski definition) is 3. The lowest BCUT2D eigenvalue weighted by molar-refractivity contribution is -0.137. The Morgan fingerprint density at radius 1 is 1.04 bits per heavy atom. The Bertz CT molecular complexity index is 560. The fourth-order valence-corrected chi connectivity index (χ4v) is 4.16. The number of nitrogens with two attached hydrogens (primary N) is 1. The van der Waals surface area contributed by atoms with Gasteiger partial charge in [0.25, 0.3) is 0 Å². The Balaban J connectivity index is 1.40. The lowest BCUT2D eigenvalue weighted by Gasteiger charge is -2.34. The van der Waals surface area contributed by atoms with Crippen LogP contribution in [0.2, 0.25) is 0 Å². The molecule has 1 aromatic rings. The van der Waals surface area contributed by atoms with Crippen LogP contribution in [0.5, 0.6) is 0 Å². The highest BCUT2D eigenvalue weighted by atomic mass is 19.4. The molecular formula is C20H30F3N3. The number of rotatable bonds is 5. The molecule has 0 amide bonds. The molecule has 2 fully saturated rings. The van der Waals surface area contributed by atoms with Crippen molar-refractivity contribution >= 4 is 5.69 Å². The summed E-state index contributed by atoms with van der Waals surface area (Å²) in [6.45, 7) is 3.17. The zero-order valence-corrected chi connectivity index (χ0v) is 15.3. The lowest BCUT2D eigenvalue weighted by atomic mass is 9.84. The van der Waals surface area contributed by atoms with E-state index in [4.69, 9.17) is 5.73 Å². The van der Waals surface area contributed by atoms with Gasteiger partial charge in [-0.25, -0.2) is 0 Å². The molecule has 3 N–H and O–H groups in total. The summed E-state index contributed by atoms with van der Waals surface area (Å²) in [6, 6.07) is 6.17. The van der Waals surface area contributed by atoms with E-state index in [1.165, 1.54) is 31.4 Å². The molecule has 6 heteroatoms. The van der Waals surface area contributed by atoms with E-state index in [0.717, 1.165) is 57.3 Å². The number of nitrogens with one attached hydrogen (secondary N) is 1. The van der Waals surface area contributed by atoms with Gasteiger partial charge in [0.1, 0.15) is 0 Å². The molecule has 1 aliphatic heterocycles. The van der Waals surface area contributed by atoms with Crippen molar-refractivity contribution in [2.45, 2.75) is 63.2 Å². The van der Waals surface area contributed by atoms with Crippen molar-refractivity contribution < 1.29 is 13.2 Å². The van der Waals surface area contributed by atoms with E-state index < -0.39 is 11.7 Å². The van der Waals surface area contributed by atoms with E-state index >= 15 is 0 Å². The summed E-state index contributed by atoms with van der Waals surface area (Å²) in [6.07, 6.45) is 3.75. The second-order valence-electron chi connectivity index (χ2n) is 7.91. The molecule has 146 valence electrons. The van der Waals surface area contributed by atoms with Crippen LogP contribution in [0.1, 0.15) is 50.5 Å². The molecule has 0 atom stereocenters. The van der Waals surface area contributed by atoms with Crippen LogP contribution >= 0.6 is 0 Å². The predicted molar refractivity (Wildman–Crippen MR) is 99.1 cm³/mol. The van der Waals surface area contributed by atoms with Gasteiger partial charge in [0.15, 0.2) is 0 Å². The maximum Gasteiger partial charge on any atom is 0.416 e. The smallest absolute Gasteiger partial charge is 0.382 e. The number of alkyl halides is 3. The van der Waals surface area contributed by atoms with Gasteiger partial charge in [-0.2, -0.15) is 13.2 Å². The minimum atomic E-state index is -4.29. The van der Waals surface area contributed by atoms with Gasteiger partial charge in [0, 0.05) is 30.9 Å². The Morgan fingerprint density at radius 3 is 2.38 bits per heavy atom. The molecule has 0 bridgehead atoms. The van der Waals surface area contributed by atoms with Crippen LogP contribution in [0.4, 0.5) is 18.9 Å². The van der Waals surface area contributed by atoms with Crippen molar-refractivity contribution in [3.63, 3.8) is 0 Å². The number of piperidine rings is 1. The molecule has 0 radical (unpaired) electrons. The van der Waals surface area contributed by atoms with Gasteiger partial charge < -0.3 is 16.0 Å². The molecule has 0 aromatic heterocycles. The average molecular weight is 369 g/mol. The molecule has 3 nitrogen and oxygen atoms in total. The Labute approximate surface area is 154 Å². The second-order valence-corrected chi connectivity index (χ2v) is 7.91. The van der Waals surface area contributed by atoms with Gasteiger partial charge >= 0.3 is 6.18 Å². The van der Waals surface area contributed by atoms with E-state index in [1.54, 1.807) is 6.07 Å². The third-order valence-corrected chi connectivity index (χ3v) is 5.89. The van der Waals surface area contributed by atoms with Crippen LogP contribution in [-0.2, 0) is 6.18 Å².